The number of benzene rings is 3. The second-order valence-corrected chi connectivity index (χ2v) is 8.27. The van der Waals surface area contributed by atoms with Crippen LogP contribution in [-0.4, -0.2) is 39.0 Å². The fourth-order valence-corrected chi connectivity index (χ4v) is 3.82. The summed E-state index contributed by atoms with van der Waals surface area (Å²) in [5.41, 5.74) is 3.01. The number of aliphatic carboxylic acids is 1. The highest BCUT2D eigenvalue weighted by atomic mass is 16.4. The molecule has 3 rings (SSSR count). The highest BCUT2D eigenvalue weighted by molar-refractivity contribution is 5.90. The van der Waals surface area contributed by atoms with Crippen molar-refractivity contribution in [1.82, 2.24) is 4.90 Å². The van der Waals surface area contributed by atoms with Crippen molar-refractivity contribution in [3.8, 4) is 11.1 Å². The second kappa shape index (κ2) is 10.8. The van der Waals surface area contributed by atoms with Crippen LogP contribution in [0.3, 0.4) is 0 Å². The van der Waals surface area contributed by atoms with Crippen LogP contribution in [0.15, 0.2) is 60.7 Å². The van der Waals surface area contributed by atoms with Gasteiger partial charge in [0.1, 0.15) is 6.04 Å². The lowest BCUT2D eigenvalue weighted by Crippen LogP contribution is -2.42. The molecule has 0 saturated carbocycles. The molecule has 0 aliphatic rings. The van der Waals surface area contributed by atoms with Crippen LogP contribution in [0.5, 0.6) is 0 Å². The molecule has 0 bridgehead atoms. The number of hydrogen-bond donors (Lipinski definition) is 2. The summed E-state index contributed by atoms with van der Waals surface area (Å²) in [6.45, 7) is 3.85. The summed E-state index contributed by atoms with van der Waals surface area (Å²) < 4.78 is 0. The number of fused-ring (bicyclic) bond motifs is 1. The predicted molar refractivity (Wildman–Crippen MR) is 128 cm³/mol. The number of carbonyl (C=O) groups excluding carboxylic acids is 1. The largest absolute Gasteiger partial charge is 0.480 e. The van der Waals surface area contributed by atoms with Crippen molar-refractivity contribution < 1.29 is 24.6 Å². The lowest BCUT2D eigenvalue weighted by Gasteiger charge is -2.27. The van der Waals surface area contributed by atoms with Gasteiger partial charge in [0, 0.05) is 13.0 Å². The highest BCUT2D eigenvalue weighted by Gasteiger charge is 2.25. The number of unbranched alkanes of at least 4 members (excludes halogenated alkanes) is 2. The first-order valence-corrected chi connectivity index (χ1v) is 11.2. The van der Waals surface area contributed by atoms with Gasteiger partial charge < -0.3 is 15.1 Å². The van der Waals surface area contributed by atoms with Crippen molar-refractivity contribution in [3.63, 3.8) is 0 Å². The molecule has 0 aliphatic carbocycles. The maximum Gasteiger partial charge on any atom is 0.335 e. The van der Waals surface area contributed by atoms with Gasteiger partial charge in [0.05, 0.1) is 5.56 Å². The molecule has 0 radical (unpaired) electrons. The van der Waals surface area contributed by atoms with Gasteiger partial charge in [-0.25, -0.2) is 9.59 Å². The smallest absolute Gasteiger partial charge is 0.335 e. The Morgan fingerprint density at radius 1 is 0.848 bits per heavy atom. The van der Waals surface area contributed by atoms with Crippen molar-refractivity contribution in [2.24, 2.45) is 0 Å². The number of hydrogen-bond acceptors (Lipinski definition) is 3. The standard InChI is InChI=1S/C27H29NO5/c1-3-4-5-6-25(29)28(18(2)26(30)31)17-19-7-8-24-16-23(14-13-22(24)15-19)20-9-11-21(12-10-20)27(32)33/h7-16,18H,3-6,17H2,1-2H3,(H,30,31)(H,32,33). The van der Waals surface area contributed by atoms with Gasteiger partial charge in [-0.1, -0.05) is 56.2 Å². The molecule has 1 atom stereocenters. The van der Waals surface area contributed by atoms with Gasteiger partial charge in [0.2, 0.25) is 5.91 Å². The minimum Gasteiger partial charge on any atom is -0.480 e. The third-order valence-electron chi connectivity index (χ3n) is 5.86. The van der Waals surface area contributed by atoms with Gasteiger partial charge in [-0.2, -0.15) is 0 Å². The van der Waals surface area contributed by atoms with Gasteiger partial charge in [-0.05, 0) is 65.1 Å². The predicted octanol–water partition coefficient (Wildman–Crippen LogP) is 5.59. The molecule has 0 saturated heterocycles. The molecule has 33 heavy (non-hydrogen) atoms. The van der Waals surface area contributed by atoms with E-state index in [1.807, 2.05) is 36.4 Å². The number of carbonyl (C=O) groups is 3. The summed E-state index contributed by atoms with van der Waals surface area (Å²) in [7, 11) is 0. The van der Waals surface area contributed by atoms with E-state index < -0.39 is 18.0 Å². The van der Waals surface area contributed by atoms with Crippen molar-refractivity contribution in [2.45, 2.75) is 52.1 Å². The van der Waals surface area contributed by atoms with Gasteiger partial charge in [-0.15, -0.1) is 0 Å². The van der Waals surface area contributed by atoms with Crippen LogP contribution in [0.4, 0.5) is 0 Å². The molecule has 6 heteroatoms. The second-order valence-electron chi connectivity index (χ2n) is 8.27. The third kappa shape index (κ3) is 5.98. The van der Waals surface area contributed by atoms with E-state index in [-0.39, 0.29) is 18.0 Å². The first-order valence-electron chi connectivity index (χ1n) is 11.2. The highest BCUT2D eigenvalue weighted by Crippen LogP contribution is 2.26. The molecule has 0 aromatic heterocycles. The molecular weight excluding hydrogens is 418 g/mol. The van der Waals surface area contributed by atoms with Crippen molar-refractivity contribution in [3.05, 3.63) is 71.8 Å². The maximum absolute atomic E-state index is 12.7. The van der Waals surface area contributed by atoms with E-state index in [0.717, 1.165) is 46.7 Å². The zero-order valence-corrected chi connectivity index (χ0v) is 19.0. The van der Waals surface area contributed by atoms with Crippen LogP contribution in [0.1, 0.15) is 55.5 Å². The van der Waals surface area contributed by atoms with Gasteiger partial charge in [0.15, 0.2) is 0 Å². The molecule has 6 nitrogen and oxygen atoms in total. The van der Waals surface area contributed by atoms with E-state index in [4.69, 9.17) is 5.11 Å². The van der Waals surface area contributed by atoms with E-state index in [1.54, 1.807) is 31.2 Å². The van der Waals surface area contributed by atoms with Crippen molar-refractivity contribution in [2.75, 3.05) is 0 Å². The van der Waals surface area contributed by atoms with E-state index in [1.165, 1.54) is 4.90 Å². The van der Waals surface area contributed by atoms with E-state index >= 15 is 0 Å². The molecule has 0 heterocycles. The zero-order valence-electron chi connectivity index (χ0n) is 19.0. The zero-order chi connectivity index (χ0) is 24.0. The average Bonchev–Trinajstić information content (AvgIpc) is 2.81. The first kappa shape index (κ1) is 24.0. The van der Waals surface area contributed by atoms with Crippen LogP contribution in [-0.2, 0) is 16.1 Å². The molecule has 172 valence electrons. The molecule has 3 aromatic carbocycles. The summed E-state index contributed by atoms with van der Waals surface area (Å²) in [6.07, 6.45) is 3.05. The molecule has 3 aromatic rings. The number of aromatic carboxylic acids is 1. The molecular formula is C27H29NO5. The summed E-state index contributed by atoms with van der Waals surface area (Å²) in [4.78, 5) is 36.8. The summed E-state index contributed by atoms with van der Waals surface area (Å²) in [6, 6.07) is 17.7. The SMILES string of the molecule is CCCCCC(=O)N(Cc1ccc2cc(-c3ccc(C(=O)O)cc3)ccc2c1)C(C)C(=O)O. The van der Waals surface area contributed by atoms with E-state index in [0.29, 0.717) is 6.42 Å². The van der Waals surface area contributed by atoms with Crippen LogP contribution >= 0.6 is 0 Å². The van der Waals surface area contributed by atoms with Crippen LogP contribution in [0.25, 0.3) is 21.9 Å². The molecule has 1 amide bonds. The Balaban J connectivity index is 1.82. The van der Waals surface area contributed by atoms with Gasteiger partial charge in [-0.3, -0.25) is 4.79 Å². The lowest BCUT2D eigenvalue weighted by atomic mass is 9.99. The van der Waals surface area contributed by atoms with Crippen molar-refractivity contribution >= 4 is 28.6 Å². The lowest BCUT2D eigenvalue weighted by molar-refractivity contribution is -0.150. The van der Waals surface area contributed by atoms with E-state index in [2.05, 4.69) is 6.92 Å². The monoisotopic (exact) mass is 447 g/mol. The Bertz CT molecular complexity index is 1150. The Kier molecular flexibility index (Phi) is 7.83. The van der Waals surface area contributed by atoms with E-state index in [9.17, 15) is 19.5 Å². The number of nitrogens with zero attached hydrogens (tertiary/aromatic N) is 1. The fourth-order valence-electron chi connectivity index (χ4n) is 3.82. The summed E-state index contributed by atoms with van der Waals surface area (Å²) in [5.74, 6) is -2.11. The minimum absolute atomic E-state index is 0.140. The van der Waals surface area contributed by atoms with Crippen LogP contribution in [0.2, 0.25) is 0 Å². The number of rotatable bonds is 10. The first-order chi connectivity index (χ1) is 15.8. The van der Waals surface area contributed by atoms with Crippen molar-refractivity contribution in [1.29, 1.82) is 0 Å². The van der Waals surface area contributed by atoms with Crippen LogP contribution in [0, 0.1) is 0 Å². The number of carboxylic acid groups (broad SMARTS) is 2. The summed E-state index contributed by atoms with van der Waals surface area (Å²) >= 11 is 0. The third-order valence-corrected chi connectivity index (χ3v) is 5.86. The average molecular weight is 448 g/mol. The Labute approximate surface area is 193 Å². The molecule has 2 N–H and O–H groups in total. The normalized spacial score (nSPS) is 11.8. The topological polar surface area (TPSA) is 94.9 Å². The molecule has 0 aliphatic heterocycles. The Morgan fingerprint density at radius 2 is 1.48 bits per heavy atom. The van der Waals surface area contributed by atoms with Crippen LogP contribution < -0.4 is 0 Å². The molecule has 1 unspecified atom stereocenters. The van der Waals surface area contributed by atoms with Gasteiger partial charge >= 0.3 is 11.9 Å². The fraction of sp³-hybridized carbons (Fsp3) is 0.296. The Hall–Kier alpha value is -3.67. The number of carboxylic acids is 2. The number of amides is 1. The van der Waals surface area contributed by atoms with Gasteiger partial charge in [0.25, 0.3) is 0 Å². The summed E-state index contributed by atoms with van der Waals surface area (Å²) in [5, 5.41) is 20.5. The maximum atomic E-state index is 12.7. The minimum atomic E-state index is -1.02. The molecule has 0 fully saturated rings. The Morgan fingerprint density at radius 3 is 2.12 bits per heavy atom. The molecule has 0 spiro atoms. The quantitative estimate of drug-likeness (QED) is 0.395.